The minimum Gasteiger partial charge on any atom is -0.478 e. The summed E-state index contributed by atoms with van der Waals surface area (Å²) in [5.41, 5.74) is 0.621. The highest BCUT2D eigenvalue weighted by molar-refractivity contribution is 5.87. The van der Waals surface area contributed by atoms with E-state index in [0.717, 1.165) is 11.8 Å². The zero-order valence-corrected chi connectivity index (χ0v) is 9.85. The van der Waals surface area contributed by atoms with Crippen molar-refractivity contribution in [1.29, 1.82) is 0 Å². The molecule has 0 saturated heterocycles. The summed E-state index contributed by atoms with van der Waals surface area (Å²) in [5, 5.41) is 12.8. The van der Waals surface area contributed by atoms with Crippen LogP contribution in [0.4, 0.5) is 4.39 Å². The molecule has 1 aromatic carbocycles. The van der Waals surface area contributed by atoms with Gasteiger partial charge in [0, 0.05) is 13.1 Å². The van der Waals surface area contributed by atoms with Crippen LogP contribution in [-0.2, 0) is 7.05 Å². The lowest BCUT2D eigenvalue weighted by Crippen LogP contribution is -2.00. The number of hydrogen-bond acceptors (Lipinski definition) is 3. The molecule has 0 unspecified atom stereocenters. The Hall–Kier alpha value is -2.37. The van der Waals surface area contributed by atoms with E-state index in [2.05, 4.69) is 5.10 Å². The Bertz CT molecular complexity index is 607. The van der Waals surface area contributed by atoms with Gasteiger partial charge in [0.25, 0.3) is 0 Å². The highest BCUT2D eigenvalue weighted by atomic mass is 19.1. The summed E-state index contributed by atoms with van der Waals surface area (Å²) >= 11 is 0. The third-order valence-corrected chi connectivity index (χ3v) is 2.35. The molecule has 1 aromatic heterocycles. The molecule has 0 fully saturated rings. The number of ether oxygens (including phenoxy) is 1. The van der Waals surface area contributed by atoms with Crippen molar-refractivity contribution in [2.75, 3.05) is 0 Å². The van der Waals surface area contributed by atoms with Gasteiger partial charge >= 0.3 is 5.97 Å². The lowest BCUT2D eigenvalue weighted by molar-refractivity contribution is 0.0696. The van der Waals surface area contributed by atoms with Gasteiger partial charge in [0.15, 0.2) is 11.6 Å². The molecule has 18 heavy (non-hydrogen) atoms. The van der Waals surface area contributed by atoms with Gasteiger partial charge in [-0.25, -0.2) is 13.9 Å². The first-order valence-corrected chi connectivity index (χ1v) is 5.18. The van der Waals surface area contributed by atoms with Crippen LogP contribution in [0.25, 0.3) is 0 Å². The molecule has 5 nitrogen and oxygen atoms in total. The van der Waals surface area contributed by atoms with Crippen LogP contribution in [0.3, 0.4) is 0 Å². The second-order valence-corrected chi connectivity index (χ2v) is 3.80. The Morgan fingerprint density at radius 3 is 2.67 bits per heavy atom. The minimum absolute atomic E-state index is 0.0389. The van der Waals surface area contributed by atoms with Crippen molar-refractivity contribution < 1.29 is 19.0 Å². The molecule has 1 heterocycles. The zero-order chi connectivity index (χ0) is 13.3. The molecule has 0 atom stereocenters. The number of aromatic nitrogens is 2. The van der Waals surface area contributed by atoms with Gasteiger partial charge in [-0.15, -0.1) is 0 Å². The van der Waals surface area contributed by atoms with E-state index < -0.39 is 11.8 Å². The van der Waals surface area contributed by atoms with Crippen LogP contribution in [0.2, 0.25) is 0 Å². The van der Waals surface area contributed by atoms with Crippen molar-refractivity contribution in [2.24, 2.45) is 7.05 Å². The quantitative estimate of drug-likeness (QED) is 0.908. The maximum Gasteiger partial charge on any atom is 0.335 e. The highest BCUT2D eigenvalue weighted by Gasteiger charge is 2.12. The van der Waals surface area contributed by atoms with Gasteiger partial charge in [0.2, 0.25) is 5.88 Å². The molecule has 0 saturated carbocycles. The summed E-state index contributed by atoms with van der Waals surface area (Å²) < 4.78 is 20.4. The summed E-state index contributed by atoms with van der Waals surface area (Å²) in [5.74, 6) is -1.57. The second-order valence-electron chi connectivity index (χ2n) is 3.80. The topological polar surface area (TPSA) is 64.3 Å². The van der Waals surface area contributed by atoms with Gasteiger partial charge < -0.3 is 9.84 Å². The number of aryl methyl sites for hydroxylation is 2. The molecule has 0 bridgehead atoms. The predicted octanol–water partition coefficient (Wildman–Crippen LogP) is 2.36. The van der Waals surface area contributed by atoms with Crippen LogP contribution < -0.4 is 4.74 Å². The maximum atomic E-state index is 13.6. The van der Waals surface area contributed by atoms with E-state index in [-0.39, 0.29) is 11.3 Å². The fourth-order valence-electron chi connectivity index (χ4n) is 1.51. The molecule has 0 amide bonds. The van der Waals surface area contributed by atoms with Crippen LogP contribution in [0.1, 0.15) is 16.1 Å². The minimum atomic E-state index is -1.18. The Morgan fingerprint density at radius 1 is 1.44 bits per heavy atom. The summed E-state index contributed by atoms with van der Waals surface area (Å²) in [6.07, 6.45) is 0. The molecule has 1 N–H and O–H groups in total. The molecule has 0 aliphatic rings. The Balaban J connectivity index is 2.30. The molecular formula is C12H11FN2O3. The van der Waals surface area contributed by atoms with Crippen molar-refractivity contribution in [3.8, 4) is 11.6 Å². The summed E-state index contributed by atoms with van der Waals surface area (Å²) in [6.45, 7) is 1.79. The first kappa shape index (κ1) is 12.1. The van der Waals surface area contributed by atoms with Crippen LogP contribution in [0, 0.1) is 12.7 Å². The van der Waals surface area contributed by atoms with Crippen molar-refractivity contribution in [1.82, 2.24) is 9.78 Å². The fourth-order valence-corrected chi connectivity index (χ4v) is 1.51. The molecule has 0 aliphatic carbocycles. The number of carboxylic acid groups (broad SMARTS) is 1. The second kappa shape index (κ2) is 4.48. The Morgan fingerprint density at radius 2 is 2.17 bits per heavy atom. The van der Waals surface area contributed by atoms with E-state index in [9.17, 15) is 9.18 Å². The van der Waals surface area contributed by atoms with Crippen molar-refractivity contribution in [3.05, 3.63) is 41.3 Å². The monoisotopic (exact) mass is 250 g/mol. The standard InChI is InChI=1S/C12H11FN2O3/c1-7-5-11(15(2)14-7)18-10-4-3-8(12(16)17)6-9(10)13/h3-6H,1-2H3,(H,16,17). The van der Waals surface area contributed by atoms with E-state index >= 15 is 0 Å². The number of carbonyl (C=O) groups is 1. The van der Waals surface area contributed by atoms with Crippen molar-refractivity contribution in [2.45, 2.75) is 6.92 Å². The summed E-state index contributed by atoms with van der Waals surface area (Å²) in [6, 6.07) is 5.14. The van der Waals surface area contributed by atoms with Gasteiger partial charge in [-0.05, 0) is 25.1 Å². The Labute approximate surface area is 102 Å². The third kappa shape index (κ3) is 2.32. The van der Waals surface area contributed by atoms with E-state index in [1.807, 2.05) is 0 Å². The maximum absolute atomic E-state index is 13.6. The summed E-state index contributed by atoms with van der Waals surface area (Å²) in [7, 11) is 1.67. The van der Waals surface area contributed by atoms with Gasteiger partial charge in [0.05, 0.1) is 11.3 Å². The van der Waals surface area contributed by atoms with E-state index in [4.69, 9.17) is 9.84 Å². The lowest BCUT2D eigenvalue weighted by Gasteiger charge is -2.06. The Kier molecular flexibility index (Phi) is 3.01. The molecule has 0 radical (unpaired) electrons. The van der Waals surface area contributed by atoms with Crippen LogP contribution in [0.15, 0.2) is 24.3 Å². The largest absolute Gasteiger partial charge is 0.478 e. The lowest BCUT2D eigenvalue weighted by atomic mass is 10.2. The normalized spacial score (nSPS) is 10.4. The molecular weight excluding hydrogens is 239 g/mol. The molecule has 0 aliphatic heterocycles. The van der Waals surface area contributed by atoms with Crippen LogP contribution in [0.5, 0.6) is 11.6 Å². The van der Waals surface area contributed by atoms with Crippen LogP contribution >= 0.6 is 0 Å². The number of hydrogen-bond donors (Lipinski definition) is 1. The number of carboxylic acids is 1. The first-order chi connectivity index (χ1) is 8.47. The molecule has 2 rings (SSSR count). The predicted molar refractivity (Wildman–Crippen MR) is 61.4 cm³/mol. The van der Waals surface area contributed by atoms with Gasteiger partial charge in [-0.3, -0.25) is 0 Å². The van der Waals surface area contributed by atoms with Gasteiger partial charge in [0.1, 0.15) is 0 Å². The van der Waals surface area contributed by atoms with Crippen molar-refractivity contribution >= 4 is 5.97 Å². The van der Waals surface area contributed by atoms with Crippen molar-refractivity contribution in [3.63, 3.8) is 0 Å². The molecule has 2 aromatic rings. The summed E-state index contributed by atoms with van der Waals surface area (Å²) in [4.78, 5) is 10.7. The molecule has 0 spiro atoms. The number of aromatic carboxylic acids is 1. The van der Waals surface area contributed by atoms with E-state index in [1.54, 1.807) is 20.0 Å². The molecule has 94 valence electrons. The van der Waals surface area contributed by atoms with Crippen LogP contribution in [-0.4, -0.2) is 20.9 Å². The third-order valence-electron chi connectivity index (χ3n) is 2.35. The van der Waals surface area contributed by atoms with Gasteiger partial charge in [-0.1, -0.05) is 0 Å². The smallest absolute Gasteiger partial charge is 0.335 e. The number of benzene rings is 1. The number of rotatable bonds is 3. The van der Waals surface area contributed by atoms with E-state index in [0.29, 0.717) is 5.88 Å². The number of halogens is 1. The average Bonchev–Trinajstić information content (AvgIpc) is 2.60. The number of nitrogens with zero attached hydrogens (tertiary/aromatic N) is 2. The highest BCUT2D eigenvalue weighted by Crippen LogP contribution is 2.25. The zero-order valence-electron chi connectivity index (χ0n) is 9.85. The SMILES string of the molecule is Cc1cc(Oc2ccc(C(=O)O)cc2F)n(C)n1. The van der Waals surface area contributed by atoms with Gasteiger partial charge in [-0.2, -0.15) is 5.10 Å². The average molecular weight is 250 g/mol. The fraction of sp³-hybridized carbons (Fsp3) is 0.167. The first-order valence-electron chi connectivity index (χ1n) is 5.18. The van der Waals surface area contributed by atoms with E-state index in [1.165, 1.54) is 16.8 Å². The molecule has 6 heteroatoms.